The minimum Gasteiger partial charge on any atom is -0.394 e. The predicted octanol–water partition coefficient (Wildman–Crippen LogP) is 2.99. The van der Waals surface area contributed by atoms with Crippen molar-refractivity contribution in [1.82, 2.24) is 4.90 Å². The monoisotopic (exact) mass is 299 g/mol. The summed E-state index contributed by atoms with van der Waals surface area (Å²) >= 11 is 11.7. The molecule has 1 saturated heterocycles. The molecular weight excluding hydrogens is 285 g/mol. The van der Waals surface area contributed by atoms with E-state index >= 15 is 0 Å². The number of benzene rings is 1. The number of carbonyl (C=O) groups excluding carboxylic acids is 1. The maximum Gasteiger partial charge on any atom is 0.246 e. The second-order valence-electron chi connectivity index (χ2n) is 4.52. The summed E-state index contributed by atoms with van der Waals surface area (Å²) in [4.78, 5) is 13.7. The zero-order valence-corrected chi connectivity index (χ0v) is 11.9. The summed E-state index contributed by atoms with van der Waals surface area (Å²) in [6.07, 6.45) is 5.02. The van der Waals surface area contributed by atoms with Gasteiger partial charge in [-0.25, -0.2) is 0 Å². The average Bonchev–Trinajstić information content (AvgIpc) is 2.88. The summed E-state index contributed by atoms with van der Waals surface area (Å²) in [5, 5.41) is 10.1. The number of aliphatic hydroxyl groups excluding tert-OH is 1. The Balaban J connectivity index is 2.05. The number of aliphatic hydroxyl groups is 1. The first kappa shape index (κ1) is 14.4. The molecule has 0 aromatic heterocycles. The Hall–Kier alpha value is -1.03. The van der Waals surface area contributed by atoms with E-state index in [0.717, 1.165) is 18.4 Å². The third kappa shape index (κ3) is 3.50. The van der Waals surface area contributed by atoms with Crippen molar-refractivity contribution < 1.29 is 9.90 Å². The number of halogens is 2. The number of hydrogen-bond donors (Lipinski definition) is 1. The Kier molecular flexibility index (Phi) is 4.86. The minimum absolute atomic E-state index is 0.0202. The van der Waals surface area contributed by atoms with Crippen LogP contribution in [-0.2, 0) is 4.79 Å². The molecule has 1 heterocycles. The lowest BCUT2D eigenvalue weighted by molar-refractivity contribution is -0.127. The Morgan fingerprint density at radius 2 is 2.21 bits per heavy atom. The van der Waals surface area contributed by atoms with Gasteiger partial charge in [0.25, 0.3) is 0 Å². The summed E-state index contributed by atoms with van der Waals surface area (Å²) < 4.78 is 0. The zero-order chi connectivity index (χ0) is 13.8. The predicted molar refractivity (Wildman–Crippen MR) is 77.3 cm³/mol. The lowest BCUT2D eigenvalue weighted by atomic mass is 10.2. The molecule has 1 amide bonds. The highest BCUT2D eigenvalue weighted by atomic mass is 35.5. The summed E-state index contributed by atoms with van der Waals surface area (Å²) in [5.74, 6) is -0.0809. The van der Waals surface area contributed by atoms with Crippen LogP contribution < -0.4 is 0 Å². The smallest absolute Gasteiger partial charge is 0.246 e. The van der Waals surface area contributed by atoms with Crippen molar-refractivity contribution in [2.24, 2.45) is 0 Å². The van der Waals surface area contributed by atoms with Crippen LogP contribution in [0.5, 0.6) is 0 Å². The molecule has 1 unspecified atom stereocenters. The Labute approximate surface area is 122 Å². The van der Waals surface area contributed by atoms with Crippen LogP contribution in [0, 0.1) is 0 Å². The Morgan fingerprint density at radius 1 is 1.42 bits per heavy atom. The fourth-order valence-electron chi connectivity index (χ4n) is 2.19. The summed E-state index contributed by atoms with van der Waals surface area (Å²) in [7, 11) is 0. The minimum atomic E-state index is -0.0809. The van der Waals surface area contributed by atoms with Gasteiger partial charge in [-0.1, -0.05) is 29.3 Å². The molecule has 3 nitrogen and oxygen atoms in total. The molecule has 1 atom stereocenters. The lowest BCUT2D eigenvalue weighted by Crippen LogP contribution is -2.36. The summed E-state index contributed by atoms with van der Waals surface area (Å²) in [6.45, 7) is 0.724. The number of rotatable bonds is 3. The van der Waals surface area contributed by atoms with Crippen molar-refractivity contribution in [3.63, 3.8) is 0 Å². The Bertz CT molecular complexity index is 502. The molecule has 0 radical (unpaired) electrons. The van der Waals surface area contributed by atoms with Crippen LogP contribution in [0.2, 0.25) is 10.0 Å². The van der Waals surface area contributed by atoms with E-state index in [1.165, 1.54) is 6.08 Å². The maximum absolute atomic E-state index is 12.0. The van der Waals surface area contributed by atoms with Crippen LogP contribution in [0.25, 0.3) is 6.08 Å². The van der Waals surface area contributed by atoms with Gasteiger partial charge < -0.3 is 10.0 Å². The molecule has 0 aliphatic carbocycles. The van der Waals surface area contributed by atoms with Crippen molar-refractivity contribution in [3.8, 4) is 0 Å². The largest absolute Gasteiger partial charge is 0.394 e. The van der Waals surface area contributed by atoms with Crippen LogP contribution >= 0.6 is 23.2 Å². The van der Waals surface area contributed by atoms with Crippen LogP contribution in [0.1, 0.15) is 18.4 Å². The van der Waals surface area contributed by atoms with Crippen molar-refractivity contribution in [2.45, 2.75) is 18.9 Å². The summed E-state index contributed by atoms with van der Waals surface area (Å²) in [5.41, 5.74) is 0.822. The number of hydrogen-bond acceptors (Lipinski definition) is 2. The maximum atomic E-state index is 12.0. The molecule has 102 valence electrons. The first-order valence-electron chi connectivity index (χ1n) is 6.16. The van der Waals surface area contributed by atoms with Gasteiger partial charge in [-0.3, -0.25) is 4.79 Å². The first-order chi connectivity index (χ1) is 9.11. The summed E-state index contributed by atoms with van der Waals surface area (Å²) in [6, 6.07) is 5.15. The van der Waals surface area contributed by atoms with E-state index in [9.17, 15) is 9.90 Å². The number of amides is 1. The van der Waals surface area contributed by atoms with Crippen LogP contribution in [0.15, 0.2) is 24.3 Å². The lowest BCUT2D eigenvalue weighted by Gasteiger charge is -2.21. The third-order valence-corrected chi connectivity index (χ3v) is 3.97. The van der Waals surface area contributed by atoms with Gasteiger partial charge >= 0.3 is 0 Å². The van der Waals surface area contributed by atoms with Crippen molar-refractivity contribution in [3.05, 3.63) is 39.9 Å². The van der Waals surface area contributed by atoms with Gasteiger partial charge in [-0.2, -0.15) is 0 Å². The fourth-order valence-corrected chi connectivity index (χ4v) is 2.50. The van der Waals surface area contributed by atoms with Gasteiger partial charge in [-0.15, -0.1) is 0 Å². The van der Waals surface area contributed by atoms with Gasteiger partial charge in [0.05, 0.1) is 22.7 Å². The second kappa shape index (κ2) is 6.42. The number of likely N-dealkylation sites (tertiary alicyclic amines) is 1. The SMILES string of the molecule is O=C(C=Cc1ccc(Cl)c(Cl)c1)N1CCCC1CO. The molecule has 2 rings (SSSR count). The van der Waals surface area contributed by atoms with Crippen molar-refractivity contribution in [1.29, 1.82) is 0 Å². The standard InChI is InChI=1S/C14H15Cl2NO2/c15-12-5-3-10(8-13(12)16)4-6-14(19)17-7-1-2-11(17)9-18/h3-6,8,11,18H,1-2,7,9H2. The third-order valence-electron chi connectivity index (χ3n) is 3.23. The first-order valence-corrected chi connectivity index (χ1v) is 6.92. The van der Waals surface area contributed by atoms with Gasteiger partial charge in [-0.05, 0) is 36.6 Å². The van der Waals surface area contributed by atoms with Gasteiger partial charge in [0, 0.05) is 12.6 Å². The molecule has 1 aromatic carbocycles. The van der Waals surface area contributed by atoms with Crippen LogP contribution in [-0.4, -0.2) is 35.1 Å². The van der Waals surface area contributed by atoms with E-state index in [2.05, 4.69) is 0 Å². The van der Waals surface area contributed by atoms with Gasteiger partial charge in [0.2, 0.25) is 5.91 Å². The number of carbonyl (C=O) groups is 1. The quantitative estimate of drug-likeness (QED) is 0.872. The zero-order valence-electron chi connectivity index (χ0n) is 10.4. The molecule has 1 aliphatic heterocycles. The number of nitrogens with zero attached hydrogens (tertiary/aromatic N) is 1. The Morgan fingerprint density at radius 3 is 2.89 bits per heavy atom. The van der Waals surface area contributed by atoms with Crippen molar-refractivity contribution >= 4 is 35.2 Å². The molecule has 0 spiro atoms. The molecule has 19 heavy (non-hydrogen) atoms. The molecule has 1 N–H and O–H groups in total. The highest BCUT2D eigenvalue weighted by Crippen LogP contribution is 2.23. The van der Waals surface area contributed by atoms with Gasteiger partial charge in [0.15, 0.2) is 0 Å². The molecule has 5 heteroatoms. The molecule has 0 saturated carbocycles. The highest BCUT2D eigenvalue weighted by molar-refractivity contribution is 6.42. The topological polar surface area (TPSA) is 40.5 Å². The normalized spacial score (nSPS) is 19.3. The molecular formula is C14H15Cl2NO2. The van der Waals surface area contributed by atoms with Crippen molar-refractivity contribution in [2.75, 3.05) is 13.2 Å². The van der Waals surface area contributed by atoms with E-state index in [0.29, 0.717) is 16.6 Å². The average molecular weight is 300 g/mol. The van der Waals surface area contributed by atoms with Crippen LogP contribution in [0.3, 0.4) is 0 Å². The van der Waals surface area contributed by atoms with E-state index in [4.69, 9.17) is 23.2 Å². The second-order valence-corrected chi connectivity index (χ2v) is 5.33. The van der Waals surface area contributed by atoms with E-state index in [1.54, 1.807) is 29.2 Å². The van der Waals surface area contributed by atoms with E-state index < -0.39 is 0 Å². The molecule has 1 aliphatic rings. The van der Waals surface area contributed by atoms with E-state index in [-0.39, 0.29) is 18.6 Å². The van der Waals surface area contributed by atoms with Crippen LogP contribution in [0.4, 0.5) is 0 Å². The molecule has 1 aromatic rings. The van der Waals surface area contributed by atoms with E-state index in [1.807, 2.05) is 0 Å². The molecule has 0 bridgehead atoms. The van der Waals surface area contributed by atoms with Gasteiger partial charge in [0.1, 0.15) is 0 Å². The highest BCUT2D eigenvalue weighted by Gasteiger charge is 2.26. The fraction of sp³-hybridized carbons (Fsp3) is 0.357. The molecule has 1 fully saturated rings.